The number of anilines is 1. The summed E-state index contributed by atoms with van der Waals surface area (Å²) in [6, 6.07) is 5.06. The molecule has 4 aliphatic rings. The van der Waals surface area contributed by atoms with Crippen LogP contribution in [0, 0.1) is 29.1 Å². The number of imide groups is 1. The molecule has 2 bridgehead atoms. The molecular formula is C17H13Cl2NO2. The van der Waals surface area contributed by atoms with Gasteiger partial charge in [0.15, 0.2) is 0 Å². The Labute approximate surface area is 137 Å². The molecule has 0 aromatic heterocycles. The van der Waals surface area contributed by atoms with Crippen molar-refractivity contribution in [2.75, 3.05) is 4.90 Å². The third-order valence-corrected chi connectivity index (χ3v) is 6.83. The molecule has 0 unspecified atom stereocenters. The van der Waals surface area contributed by atoms with Gasteiger partial charge < -0.3 is 0 Å². The number of fused-ring (bicyclic) bond motifs is 3. The number of halogens is 2. The second-order valence-electron chi connectivity index (χ2n) is 6.81. The highest BCUT2D eigenvalue weighted by atomic mass is 35.5. The van der Waals surface area contributed by atoms with Crippen LogP contribution in [0.5, 0.6) is 0 Å². The second kappa shape index (κ2) is 3.95. The van der Waals surface area contributed by atoms with Crippen LogP contribution >= 0.6 is 23.2 Å². The lowest BCUT2D eigenvalue weighted by molar-refractivity contribution is -0.123. The first-order valence-corrected chi connectivity index (χ1v) is 8.32. The van der Waals surface area contributed by atoms with Crippen molar-refractivity contribution in [1.82, 2.24) is 0 Å². The lowest BCUT2D eigenvalue weighted by atomic mass is 9.85. The van der Waals surface area contributed by atoms with Gasteiger partial charge in [-0.15, -0.1) is 0 Å². The summed E-state index contributed by atoms with van der Waals surface area (Å²) < 4.78 is 0. The Bertz CT molecular complexity index is 734. The van der Waals surface area contributed by atoms with Crippen LogP contribution in [0.1, 0.15) is 12.8 Å². The summed E-state index contributed by atoms with van der Waals surface area (Å²) in [7, 11) is 0. The Morgan fingerprint density at radius 3 is 2.14 bits per heavy atom. The van der Waals surface area contributed by atoms with Gasteiger partial charge in [-0.25, -0.2) is 4.90 Å². The molecule has 1 heterocycles. The molecule has 1 saturated heterocycles. The summed E-state index contributed by atoms with van der Waals surface area (Å²) in [4.78, 5) is 27.1. The van der Waals surface area contributed by atoms with Gasteiger partial charge in [0.2, 0.25) is 11.8 Å². The molecule has 1 aromatic rings. The Kier molecular flexibility index (Phi) is 2.36. The monoisotopic (exact) mass is 333 g/mol. The van der Waals surface area contributed by atoms with E-state index in [0.29, 0.717) is 10.7 Å². The van der Waals surface area contributed by atoms with Gasteiger partial charge in [-0.2, -0.15) is 0 Å². The van der Waals surface area contributed by atoms with Crippen molar-refractivity contribution in [1.29, 1.82) is 0 Å². The maximum Gasteiger partial charge on any atom is 0.238 e. The van der Waals surface area contributed by atoms with E-state index in [1.54, 1.807) is 18.2 Å². The van der Waals surface area contributed by atoms with Gasteiger partial charge in [0.05, 0.1) is 27.6 Å². The van der Waals surface area contributed by atoms with E-state index in [1.165, 1.54) is 4.90 Å². The highest BCUT2D eigenvalue weighted by Crippen LogP contribution is 2.73. The number of carbonyl (C=O) groups is 2. The SMILES string of the molecule is O=C1[C@@H]2[C@@H](C(=O)N1c1cccc(Cl)c1Cl)[C@H]1C=C[C@H]2C12CC2. The fourth-order valence-electron chi connectivity index (χ4n) is 4.98. The van der Waals surface area contributed by atoms with Crippen molar-refractivity contribution in [2.45, 2.75) is 12.8 Å². The third-order valence-electron chi connectivity index (χ3n) is 6.02. The quantitative estimate of drug-likeness (QED) is 0.580. The van der Waals surface area contributed by atoms with Crippen LogP contribution in [0.25, 0.3) is 0 Å². The van der Waals surface area contributed by atoms with E-state index < -0.39 is 0 Å². The lowest BCUT2D eigenvalue weighted by Crippen LogP contribution is -2.35. The number of rotatable bonds is 1. The highest BCUT2D eigenvalue weighted by molar-refractivity contribution is 6.45. The van der Waals surface area contributed by atoms with Gasteiger partial charge in [0.1, 0.15) is 0 Å². The van der Waals surface area contributed by atoms with Gasteiger partial charge in [-0.3, -0.25) is 9.59 Å². The summed E-state index contributed by atoms with van der Waals surface area (Å²) >= 11 is 12.3. The average molecular weight is 334 g/mol. The van der Waals surface area contributed by atoms with Crippen molar-refractivity contribution in [2.24, 2.45) is 29.1 Å². The number of amides is 2. The van der Waals surface area contributed by atoms with Gasteiger partial charge >= 0.3 is 0 Å². The minimum Gasteiger partial charge on any atom is -0.274 e. The minimum absolute atomic E-state index is 0.109. The first-order valence-electron chi connectivity index (χ1n) is 7.56. The molecule has 1 aliphatic heterocycles. The molecule has 112 valence electrons. The molecule has 5 heteroatoms. The molecule has 3 fully saturated rings. The fourth-order valence-corrected chi connectivity index (χ4v) is 5.36. The third kappa shape index (κ3) is 1.31. The van der Waals surface area contributed by atoms with E-state index in [-0.39, 0.29) is 45.9 Å². The van der Waals surface area contributed by atoms with Crippen molar-refractivity contribution in [3.63, 3.8) is 0 Å². The van der Waals surface area contributed by atoms with Gasteiger partial charge in [0.25, 0.3) is 0 Å². The smallest absolute Gasteiger partial charge is 0.238 e. The van der Waals surface area contributed by atoms with E-state index >= 15 is 0 Å². The lowest BCUT2D eigenvalue weighted by Gasteiger charge is -2.22. The number of carbonyl (C=O) groups excluding carboxylic acids is 2. The number of allylic oxidation sites excluding steroid dienone is 2. The van der Waals surface area contributed by atoms with Gasteiger partial charge in [0, 0.05) is 0 Å². The Balaban J connectivity index is 1.61. The number of hydrogen-bond donors (Lipinski definition) is 0. The van der Waals surface area contributed by atoms with Crippen LogP contribution in [-0.4, -0.2) is 11.8 Å². The van der Waals surface area contributed by atoms with Crippen molar-refractivity contribution < 1.29 is 9.59 Å². The van der Waals surface area contributed by atoms with Crippen LogP contribution in [0.4, 0.5) is 5.69 Å². The second-order valence-corrected chi connectivity index (χ2v) is 7.59. The zero-order valence-electron chi connectivity index (χ0n) is 11.6. The average Bonchev–Trinajstić information content (AvgIpc) is 3.09. The molecule has 2 amide bonds. The van der Waals surface area contributed by atoms with Crippen LogP contribution in [0.15, 0.2) is 30.4 Å². The molecule has 1 aromatic carbocycles. The van der Waals surface area contributed by atoms with Crippen LogP contribution in [0.2, 0.25) is 10.0 Å². The number of hydrogen-bond acceptors (Lipinski definition) is 2. The topological polar surface area (TPSA) is 37.4 Å². The van der Waals surface area contributed by atoms with Gasteiger partial charge in [-0.05, 0) is 42.2 Å². The molecule has 0 N–H and O–H groups in total. The summed E-state index contributed by atoms with van der Waals surface area (Å²) in [5.41, 5.74) is 0.632. The first-order chi connectivity index (χ1) is 10.6. The van der Waals surface area contributed by atoms with E-state index in [0.717, 1.165) is 12.8 Å². The van der Waals surface area contributed by atoms with E-state index in [9.17, 15) is 9.59 Å². The molecule has 3 nitrogen and oxygen atoms in total. The zero-order chi connectivity index (χ0) is 15.2. The van der Waals surface area contributed by atoms with Crippen LogP contribution in [-0.2, 0) is 9.59 Å². The number of benzene rings is 1. The van der Waals surface area contributed by atoms with Crippen molar-refractivity contribution >= 4 is 40.7 Å². The normalized spacial score (nSPS) is 36.5. The van der Waals surface area contributed by atoms with Crippen molar-refractivity contribution in [3.05, 3.63) is 40.4 Å². The molecule has 0 radical (unpaired) electrons. The van der Waals surface area contributed by atoms with E-state index in [1.807, 2.05) is 0 Å². The predicted octanol–water partition coefficient (Wildman–Crippen LogP) is 3.70. The summed E-state index contributed by atoms with van der Waals surface area (Å²) in [5.74, 6) is -0.187. The molecular weight excluding hydrogens is 321 g/mol. The zero-order valence-corrected chi connectivity index (χ0v) is 13.1. The Hall–Kier alpha value is -1.32. The molecule has 4 atom stereocenters. The standard InChI is InChI=1S/C17H13Cl2NO2/c18-10-2-1-3-11(14(10)19)20-15(21)12-8-4-5-9(13(12)16(20)22)17(8)6-7-17/h1-5,8-9,12-13H,6-7H2/t8-,9-,12+,13+/m1/s1. The Morgan fingerprint density at radius 1 is 1.00 bits per heavy atom. The highest BCUT2D eigenvalue weighted by Gasteiger charge is 2.73. The van der Waals surface area contributed by atoms with Crippen LogP contribution < -0.4 is 4.90 Å². The first kappa shape index (κ1) is 13.1. The molecule has 22 heavy (non-hydrogen) atoms. The minimum atomic E-state index is -0.208. The predicted molar refractivity (Wildman–Crippen MR) is 83.7 cm³/mol. The van der Waals surface area contributed by atoms with Crippen molar-refractivity contribution in [3.8, 4) is 0 Å². The summed E-state index contributed by atoms with van der Waals surface area (Å²) in [6.45, 7) is 0. The molecule has 2 saturated carbocycles. The number of nitrogens with zero attached hydrogens (tertiary/aromatic N) is 1. The summed E-state index contributed by atoms with van der Waals surface area (Å²) in [5, 5.41) is 0.629. The molecule has 3 aliphatic carbocycles. The Morgan fingerprint density at radius 2 is 1.59 bits per heavy atom. The summed E-state index contributed by atoms with van der Waals surface area (Å²) in [6.07, 6.45) is 6.60. The van der Waals surface area contributed by atoms with Gasteiger partial charge in [-0.1, -0.05) is 41.4 Å². The van der Waals surface area contributed by atoms with E-state index in [4.69, 9.17) is 23.2 Å². The maximum atomic E-state index is 12.9. The fraction of sp³-hybridized carbons (Fsp3) is 0.412. The maximum absolute atomic E-state index is 12.9. The molecule has 1 spiro atoms. The van der Waals surface area contributed by atoms with Crippen LogP contribution in [0.3, 0.4) is 0 Å². The van der Waals surface area contributed by atoms with E-state index in [2.05, 4.69) is 12.2 Å². The largest absolute Gasteiger partial charge is 0.274 e. The molecule has 5 rings (SSSR count).